The Morgan fingerprint density at radius 1 is 1.03 bits per heavy atom. The first kappa shape index (κ1) is 19.3. The third-order valence-electron chi connectivity index (χ3n) is 5.12. The van der Waals surface area contributed by atoms with Crippen molar-refractivity contribution in [2.24, 2.45) is 0 Å². The maximum absolute atomic E-state index is 12.1. The van der Waals surface area contributed by atoms with Gasteiger partial charge in [0.15, 0.2) is 5.75 Å². The van der Waals surface area contributed by atoms with Gasteiger partial charge in [0.1, 0.15) is 5.75 Å². The number of nitrogens with one attached hydrogen (secondary N) is 1. The summed E-state index contributed by atoms with van der Waals surface area (Å²) < 4.78 is 6.10. The zero-order valence-electron chi connectivity index (χ0n) is 16.3. The number of amides is 1. The van der Waals surface area contributed by atoms with E-state index in [0.29, 0.717) is 5.02 Å². The van der Waals surface area contributed by atoms with Crippen LogP contribution in [0.1, 0.15) is 31.4 Å². The lowest BCUT2D eigenvalue weighted by molar-refractivity contribution is -0.116. The molecule has 0 saturated heterocycles. The molecule has 0 aliphatic carbocycles. The molecule has 1 unspecified atom stereocenters. The molecule has 148 valence electrons. The second-order valence-corrected chi connectivity index (χ2v) is 7.56. The van der Waals surface area contributed by atoms with E-state index in [1.165, 1.54) is 0 Å². The minimum absolute atomic E-state index is 0.0737. The number of nitrogens with zero attached hydrogens (tertiary/aromatic N) is 1. The van der Waals surface area contributed by atoms with Crippen molar-refractivity contribution in [2.45, 2.75) is 25.8 Å². The molecule has 29 heavy (non-hydrogen) atoms. The van der Waals surface area contributed by atoms with Crippen LogP contribution in [0.2, 0.25) is 5.02 Å². The Kier molecular flexibility index (Phi) is 5.72. The number of carbonyl (C=O) groups excluding carboxylic acids is 1. The molecule has 1 N–H and O–H groups in total. The highest BCUT2D eigenvalue weighted by molar-refractivity contribution is 6.30. The predicted octanol–water partition coefficient (Wildman–Crippen LogP) is 6.43. The molecule has 0 radical (unpaired) electrons. The molecule has 0 bridgehead atoms. The topological polar surface area (TPSA) is 41.6 Å². The molecule has 0 fully saturated rings. The van der Waals surface area contributed by atoms with Crippen LogP contribution in [0, 0.1) is 0 Å². The first-order valence-electron chi connectivity index (χ1n) is 9.78. The number of benzene rings is 3. The Hall–Kier alpha value is -2.98. The van der Waals surface area contributed by atoms with Gasteiger partial charge in [-0.3, -0.25) is 4.79 Å². The summed E-state index contributed by atoms with van der Waals surface area (Å²) >= 11 is 5.98. The monoisotopic (exact) mass is 406 g/mol. The number of rotatable bonds is 4. The second-order valence-electron chi connectivity index (χ2n) is 7.12. The van der Waals surface area contributed by atoms with Crippen molar-refractivity contribution in [3.05, 3.63) is 83.4 Å². The second kappa shape index (κ2) is 8.58. The summed E-state index contributed by atoms with van der Waals surface area (Å²) in [6, 6.07) is 23.4. The van der Waals surface area contributed by atoms with E-state index in [1.807, 2.05) is 71.6 Å². The minimum Gasteiger partial charge on any atom is -0.455 e. The number of para-hydroxylation sites is 3. The Balaban J connectivity index is 1.63. The van der Waals surface area contributed by atoms with E-state index in [9.17, 15) is 4.79 Å². The van der Waals surface area contributed by atoms with Crippen molar-refractivity contribution in [3.8, 4) is 11.5 Å². The van der Waals surface area contributed by atoms with Crippen molar-refractivity contribution in [1.29, 1.82) is 0 Å². The lowest BCUT2D eigenvalue weighted by atomic mass is 10.0. The molecule has 3 aromatic carbocycles. The van der Waals surface area contributed by atoms with Crippen molar-refractivity contribution < 1.29 is 9.53 Å². The fourth-order valence-corrected chi connectivity index (χ4v) is 3.85. The molecule has 0 spiro atoms. The first-order valence-corrected chi connectivity index (χ1v) is 10.2. The highest BCUT2D eigenvalue weighted by Gasteiger charge is 2.25. The van der Waals surface area contributed by atoms with E-state index in [0.717, 1.165) is 47.8 Å². The van der Waals surface area contributed by atoms with Crippen LogP contribution in [0.3, 0.4) is 0 Å². The molecule has 4 nitrogen and oxygen atoms in total. The summed E-state index contributed by atoms with van der Waals surface area (Å²) in [6.07, 6.45) is 1.85. The molecule has 1 amide bonds. The van der Waals surface area contributed by atoms with Crippen molar-refractivity contribution in [1.82, 2.24) is 0 Å². The summed E-state index contributed by atoms with van der Waals surface area (Å²) in [6.45, 7) is 2.35. The molecule has 1 atom stereocenters. The first-order chi connectivity index (χ1) is 14.1. The normalized spacial score (nSPS) is 15.9. The van der Waals surface area contributed by atoms with E-state index < -0.39 is 0 Å². The van der Waals surface area contributed by atoms with Crippen molar-refractivity contribution in [3.63, 3.8) is 0 Å². The number of ether oxygens (including phenoxy) is 1. The third kappa shape index (κ3) is 4.38. The number of halogens is 1. The molecular formula is C24H23ClN2O2. The fraction of sp³-hybridized carbons (Fsp3) is 0.208. The van der Waals surface area contributed by atoms with Gasteiger partial charge in [-0.05, 0) is 60.9 Å². The summed E-state index contributed by atoms with van der Waals surface area (Å²) in [5.74, 6) is 1.55. The molecular weight excluding hydrogens is 384 g/mol. The number of hydrogen-bond acceptors (Lipinski definition) is 3. The maximum atomic E-state index is 12.1. The van der Waals surface area contributed by atoms with Gasteiger partial charge in [0, 0.05) is 24.2 Å². The molecule has 1 heterocycles. The van der Waals surface area contributed by atoms with Crippen molar-refractivity contribution >= 4 is 28.9 Å². The number of hydrogen-bond donors (Lipinski definition) is 1. The zero-order chi connectivity index (χ0) is 20.2. The predicted molar refractivity (Wildman–Crippen MR) is 118 cm³/mol. The van der Waals surface area contributed by atoms with Crippen LogP contribution in [-0.2, 0) is 4.79 Å². The lowest BCUT2D eigenvalue weighted by Gasteiger charge is -2.24. The van der Waals surface area contributed by atoms with Crippen LogP contribution in [0.5, 0.6) is 11.5 Å². The molecule has 1 aliphatic heterocycles. The average molecular weight is 407 g/mol. The van der Waals surface area contributed by atoms with E-state index in [4.69, 9.17) is 16.3 Å². The minimum atomic E-state index is 0.0737. The smallest absolute Gasteiger partial charge is 0.223 e. The van der Waals surface area contributed by atoms with Gasteiger partial charge in [-0.15, -0.1) is 0 Å². The van der Waals surface area contributed by atoms with Crippen LogP contribution in [0.15, 0.2) is 72.8 Å². The van der Waals surface area contributed by atoms with E-state index >= 15 is 0 Å². The van der Waals surface area contributed by atoms with E-state index in [-0.39, 0.29) is 11.9 Å². The van der Waals surface area contributed by atoms with Crippen LogP contribution < -0.4 is 15.0 Å². The standard InChI is InChI=1S/C24H23ClN2O2/c1-17(28)27-16-6-9-21(20-7-2-4-10-23(20)27)26-22-8-3-5-11-24(22)29-19-14-12-18(25)13-15-19/h2-5,7-8,10-15,21,26H,6,9,16H2,1H3. The van der Waals surface area contributed by atoms with Gasteiger partial charge >= 0.3 is 0 Å². The van der Waals surface area contributed by atoms with Gasteiger partial charge in [-0.2, -0.15) is 0 Å². The molecule has 4 rings (SSSR count). The van der Waals surface area contributed by atoms with Crippen LogP contribution >= 0.6 is 11.6 Å². The van der Waals surface area contributed by atoms with Crippen LogP contribution in [0.25, 0.3) is 0 Å². The van der Waals surface area contributed by atoms with Gasteiger partial charge in [-0.25, -0.2) is 0 Å². The fourth-order valence-electron chi connectivity index (χ4n) is 3.73. The Morgan fingerprint density at radius 3 is 2.55 bits per heavy atom. The van der Waals surface area contributed by atoms with E-state index in [1.54, 1.807) is 6.92 Å². The SMILES string of the molecule is CC(=O)N1CCCC(Nc2ccccc2Oc2ccc(Cl)cc2)c2ccccc21. The van der Waals surface area contributed by atoms with Crippen LogP contribution in [0.4, 0.5) is 11.4 Å². The highest BCUT2D eigenvalue weighted by Crippen LogP contribution is 2.38. The van der Waals surface area contributed by atoms with Gasteiger partial charge in [0.25, 0.3) is 0 Å². The number of fused-ring (bicyclic) bond motifs is 1. The summed E-state index contributed by atoms with van der Waals surface area (Å²) in [4.78, 5) is 14.0. The number of anilines is 2. The van der Waals surface area contributed by atoms with Gasteiger partial charge < -0.3 is 15.0 Å². The Morgan fingerprint density at radius 2 is 1.76 bits per heavy atom. The maximum Gasteiger partial charge on any atom is 0.223 e. The molecule has 5 heteroatoms. The summed E-state index contributed by atoms with van der Waals surface area (Å²) in [5.41, 5.74) is 3.02. The molecule has 3 aromatic rings. The highest BCUT2D eigenvalue weighted by atomic mass is 35.5. The summed E-state index contributed by atoms with van der Waals surface area (Å²) in [5, 5.41) is 4.32. The molecule has 0 aromatic heterocycles. The quantitative estimate of drug-likeness (QED) is 0.542. The van der Waals surface area contributed by atoms with Crippen LogP contribution in [-0.4, -0.2) is 12.5 Å². The lowest BCUT2D eigenvalue weighted by Crippen LogP contribution is -2.29. The van der Waals surface area contributed by atoms with Gasteiger partial charge in [0.2, 0.25) is 5.91 Å². The van der Waals surface area contributed by atoms with E-state index in [2.05, 4.69) is 11.4 Å². The van der Waals surface area contributed by atoms with Crippen molar-refractivity contribution in [2.75, 3.05) is 16.8 Å². The Labute approximate surface area is 176 Å². The zero-order valence-corrected chi connectivity index (χ0v) is 17.0. The Bertz CT molecular complexity index is 1000. The third-order valence-corrected chi connectivity index (χ3v) is 5.37. The number of carbonyl (C=O) groups is 1. The molecule has 0 saturated carbocycles. The van der Waals surface area contributed by atoms with Gasteiger partial charge in [-0.1, -0.05) is 41.9 Å². The average Bonchev–Trinajstić information content (AvgIpc) is 2.91. The summed E-state index contributed by atoms with van der Waals surface area (Å²) in [7, 11) is 0. The molecule has 1 aliphatic rings. The van der Waals surface area contributed by atoms with Gasteiger partial charge in [0.05, 0.1) is 11.7 Å². The largest absolute Gasteiger partial charge is 0.455 e.